The Morgan fingerprint density at radius 2 is 1.20 bits per heavy atom. The normalized spacial score (nSPS) is 12.7. The summed E-state index contributed by atoms with van der Waals surface area (Å²) in [4.78, 5) is 41.8. The molecule has 0 fully saturated rings. The second kappa shape index (κ2) is 23.2. The van der Waals surface area contributed by atoms with Crippen LogP contribution in [0.15, 0.2) is 12.2 Å². The van der Waals surface area contributed by atoms with Gasteiger partial charge in [0.15, 0.2) is 6.10 Å². The number of allylic oxidation sites excluding steroid dienone is 2. The zero-order chi connectivity index (χ0) is 26.2. The van der Waals surface area contributed by atoms with E-state index in [9.17, 15) is 14.2 Å². The Morgan fingerprint density at radius 3 is 1.77 bits per heavy atom. The van der Waals surface area contributed by atoms with Crippen LogP contribution in [0.1, 0.15) is 123 Å². The van der Waals surface area contributed by atoms with E-state index in [1.165, 1.54) is 32.1 Å². The fourth-order valence-corrected chi connectivity index (χ4v) is 3.84. The highest BCUT2D eigenvalue weighted by atomic mass is 31.2. The molecule has 35 heavy (non-hydrogen) atoms. The van der Waals surface area contributed by atoms with Crippen molar-refractivity contribution in [1.82, 2.24) is 0 Å². The van der Waals surface area contributed by atoms with Gasteiger partial charge in [0.25, 0.3) is 0 Å². The van der Waals surface area contributed by atoms with E-state index >= 15 is 0 Å². The molecule has 0 heterocycles. The van der Waals surface area contributed by atoms with E-state index in [-0.39, 0.29) is 19.4 Å². The van der Waals surface area contributed by atoms with Gasteiger partial charge in [-0.1, -0.05) is 83.8 Å². The molecule has 0 unspecified atom stereocenters. The molecule has 0 aliphatic rings. The molecule has 0 aromatic rings. The minimum atomic E-state index is -4.72. The van der Waals surface area contributed by atoms with E-state index in [1.54, 1.807) is 0 Å². The molecule has 2 N–H and O–H groups in total. The molecule has 0 bridgehead atoms. The average Bonchev–Trinajstić information content (AvgIpc) is 2.81. The lowest BCUT2D eigenvalue weighted by Gasteiger charge is -2.18. The molecule has 0 aliphatic carbocycles. The van der Waals surface area contributed by atoms with E-state index in [0.717, 1.165) is 51.4 Å². The Hall–Kier alpha value is -1.21. The molecule has 0 saturated heterocycles. The Balaban J connectivity index is 4.04. The molecule has 206 valence electrons. The quantitative estimate of drug-likeness (QED) is 0.0619. The van der Waals surface area contributed by atoms with Gasteiger partial charge in [0.1, 0.15) is 6.61 Å². The topological polar surface area (TPSA) is 119 Å². The van der Waals surface area contributed by atoms with Crippen LogP contribution >= 0.6 is 7.82 Å². The Kier molecular flexibility index (Phi) is 22.4. The van der Waals surface area contributed by atoms with E-state index in [1.807, 2.05) is 0 Å². The van der Waals surface area contributed by atoms with Crippen LogP contribution < -0.4 is 0 Å². The Morgan fingerprint density at radius 1 is 0.714 bits per heavy atom. The molecule has 1 atom stereocenters. The van der Waals surface area contributed by atoms with Crippen LogP contribution in [-0.4, -0.2) is 41.0 Å². The smallest absolute Gasteiger partial charge is 0.462 e. The molecule has 0 aromatic carbocycles. The maximum atomic E-state index is 12.1. The van der Waals surface area contributed by atoms with Crippen molar-refractivity contribution < 1.29 is 37.9 Å². The van der Waals surface area contributed by atoms with Gasteiger partial charge in [-0.25, -0.2) is 4.57 Å². The number of rotatable bonds is 24. The molecule has 0 rings (SSSR count). The number of ether oxygens (including phenoxy) is 2. The zero-order valence-corrected chi connectivity index (χ0v) is 22.9. The number of phosphoric acid groups is 1. The Labute approximate surface area is 212 Å². The fourth-order valence-electron chi connectivity index (χ4n) is 3.48. The summed E-state index contributed by atoms with van der Waals surface area (Å²) in [6, 6.07) is 0. The van der Waals surface area contributed by atoms with Gasteiger partial charge in [0.05, 0.1) is 6.61 Å². The number of carbonyl (C=O) groups excluding carboxylic acids is 2. The molecular formula is C26H49O8P. The van der Waals surface area contributed by atoms with Crippen molar-refractivity contribution in [3.8, 4) is 0 Å². The van der Waals surface area contributed by atoms with Gasteiger partial charge >= 0.3 is 19.8 Å². The molecule has 0 radical (unpaired) electrons. The first-order valence-electron chi connectivity index (χ1n) is 13.5. The van der Waals surface area contributed by atoms with Crippen molar-refractivity contribution in [3.05, 3.63) is 12.2 Å². The molecule has 0 amide bonds. The number of hydrogen-bond acceptors (Lipinski definition) is 6. The lowest BCUT2D eigenvalue weighted by atomic mass is 10.1. The van der Waals surface area contributed by atoms with Crippen LogP contribution in [-0.2, 0) is 28.2 Å². The van der Waals surface area contributed by atoms with Crippen molar-refractivity contribution in [2.75, 3.05) is 13.2 Å². The lowest BCUT2D eigenvalue weighted by Crippen LogP contribution is -2.29. The minimum Gasteiger partial charge on any atom is -0.462 e. The van der Waals surface area contributed by atoms with Crippen molar-refractivity contribution >= 4 is 19.8 Å². The average molecular weight is 521 g/mol. The minimum absolute atomic E-state index is 0.203. The third-order valence-electron chi connectivity index (χ3n) is 5.53. The first kappa shape index (κ1) is 33.8. The highest BCUT2D eigenvalue weighted by molar-refractivity contribution is 7.46. The van der Waals surface area contributed by atoms with Crippen LogP contribution in [0.5, 0.6) is 0 Å². The molecule has 8 nitrogen and oxygen atoms in total. The van der Waals surface area contributed by atoms with E-state index in [4.69, 9.17) is 19.3 Å². The maximum absolute atomic E-state index is 12.1. The summed E-state index contributed by atoms with van der Waals surface area (Å²) in [6.07, 6.45) is 20.0. The van der Waals surface area contributed by atoms with Gasteiger partial charge in [-0.3, -0.25) is 14.1 Å². The number of phosphoric ester groups is 1. The van der Waals surface area contributed by atoms with E-state index in [0.29, 0.717) is 12.8 Å². The van der Waals surface area contributed by atoms with Gasteiger partial charge in [-0.2, -0.15) is 0 Å². The molecule has 0 saturated carbocycles. The van der Waals surface area contributed by atoms with Crippen molar-refractivity contribution in [2.45, 2.75) is 129 Å². The highest BCUT2D eigenvalue weighted by Crippen LogP contribution is 2.35. The van der Waals surface area contributed by atoms with Crippen molar-refractivity contribution in [2.24, 2.45) is 0 Å². The highest BCUT2D eigenvalue weighted by Gasteiger charge is 2.22. The number of hydrogen-bond donors (Lipinski definition) is 2. The SMILES string of the molecule is CCCCCC/C=C/CCCCCCCC(=O)O[C@@H](COC(=O)CCCCCC)COP(=O)(O)O. The van der Waals surface area contributed by atoms with Gasteiger partial charge in [-0.05, 0) is 38.5 Å². The summed E-state index contributed by atoms with van der Waals surface area (Å²) in [5, 5.41) is 0. The summed E-state index contributed by atoms with van der Waals surface area (Å²) in [7, 11) is -4.72. The molecule has 9 heteroatoms. The van der Waals surface area contributed by atoms with Crippen LogP contribution in [0.3, 0.4) is 0 Å². The molecule has 0 aromatic heterocycles. The van der Waals surface area contributed by atoms with Gasteiger partial charge in [0, 0.05) is 12.8 Å². The van der Waals surface area contributed by atoms with Crippen LogP contribution in [0.25, 0.3) is 0 Å². The predicted octanol–water partition coefficient (Wildman–Crippen LogP) is 6.78. The first-order chi connectivity index (χ1) is 16.8. The second-order valence-electron chi connectivity index (χ2n) is 9.02. The van der Waals surface area contributed by atoms with Crippen molar-refractivity contribution in [1.29, 1.82) is 0 Å². The van der Waals surface area contributed by atoms with Gasteiger partial charge in [-0.15, -0.1) is 0 Å². The van der Waals surface area contributed by atoms with E-state index < -0.39 is 32.5 Å². The third kappa shape index (κ3) is 25.7. The number of esters is 2. The van der Waals surface area contributed by atoms with Crippen LogP contribution in [0.2, 0.25) is 0 Å². The maximum Gasteiger partial charge on any atom is 0.469 e. The fraction of sp³-hybridized carbons (Fsp3) is 0.846. The summed E-state index contributed by atoms with van der Waals surface area (Å²) in [6.45, 7) is 3.47. The monoisotopic (exact) mass is 520 g/mol. The molecule has 0 aliphatic heterocycles. The first-order valence-corrected chi connectivity index (χ1v) is 15.0. The third-order valence-corrected chi connectivity index (χ3v) is 6.02. The summed E-state index contributed by atoms with van der Waals surface area (Å²) < 4.78 is 25.8. The number of unbranched alkanes of at least 4 members (excludes halogenated alkanes) is 12. The standard InChI is InChI=1S/C26H49O8P/c1-3-5-7-9-10-11-12-13-14-15-16-17-19-21-26(28)34-24(23-33-35(29,30)31)22-32-25(27)20-18-8-6-4-2/h11-12,24H,3-10,13-23H2,1-2H3,(H2,29,30,31)/b12-11+/t24-/m0/s1. The second-order valence-corrected chi connectivity index (χ2v) is 10.3. The van der Waals surface area contributed by atoms with Crippen LogP contribution in [0.4, 0.5) is 0 Å². The zero-order valence-electron chi connectivity index (χ0n) is 22.0. The summed E-state index contributed by atoms with van der Waals surface area (Å²) >= 11 is 0. The Bertz CT molecular complexity index is 602. The predicted molar refractivity (Wildman–Crippen MR) is 138 cm³/mol. The van der Waals surface area contributed by atoms with Crippen LogP contribution in [0, 0.1) is 0 Å². The lowest BCUT2D eigenvalue weighted by molar-refractivity contribution is -0.161. The van der Waals surface area contributed by atoms with Crippen molar-refractivity contribution in [3.63, 3.8) is 0 Å². The largest absolute Gasteiger partial charge is 0.469 e. The summed E-state index contributed by atoms with van der Waals surface area (Å²) in [5.41, 5.74) is 0. The van der Waals surface area contributed by atoms with Gasteiger partial charge in [0.2, 0.25) is 0 Å². The summed E-state index contributed by atoms with van der Waals surface area (Å²) in [5.74, 6) is -0.918. The number of carbonyl (C=O) groups is 2. The molecule has 0 spiro atoms. The van der Waals surface area contributed by atoms with E-state index in [2.05, 4.69) is 30.5 Å². The molecular weight excluding hydrogens is 471 g/mol. The van der Waals surface area contributed by atoms with Gasteiger partial charge < -0.3 is 19.3 Å².